The van der Waals surface area contributed by atoms with E-state index in [1.807, 2.05) is 43.0 Å². The zero-order valence-electron chi connectivity index (χ0n) is 13.9. The van der Waals surface area contributed by atoms with Crippen molar-refractivity contribution < 1.29 is 9.53 Å². The summed E-state index contributed by atoms with van der Waals surface area (Å²) in [6, 6.07) is 7.65. The van der Waals surface area contributed by atoms with Gasteiger partial charge in [-0.05, 0) is 26.0 Å². The highest BCUT2D eigenvalue weighted by Crippen LogP contribution is 2.14. The number of para-hydroxylation sites is 2. The number of amides is 1. The fraction of sp³-hybridized carbons (Fsp3) is 0.529. The standard InChI is InChI=1S/C17H23N3O3/c1-12-10-19(11-13(2)23-12)16(21)8-9-20-15-7-5-4-6-14(15)18(3)17(20)22/h4-7,12-13H,8-11H2,1-3H3. The van der Waals surface area contributed by atoms with E-state index in [9.17, 15) is 9.59 Å². The Morgan fingerprint density at radius 3 is 2.43 bits per heavy atom. The molecule has 3 rings (SSSR count). The summed E-state index contributed by atoms with van der Waals surface area (Å²) in [6.45, 7) is 5.59. The molecule has 2 unspecified atom stereocenters. The third-order valence-corrected chi connectivity index (χ3v) is 4.37. The van der Waals surface area contributed by atoms with Gasteiger partial charge in [-0.2, -0.15) is 0 Å². The van der Waals surface area contributed by atoms with E-state index in [0.717, 1.165) is 11.0 Å². The van der Waals surface area contributed by atoms with Crippen molar-refractivity contribution in [3.05, 3.63) is 34.7 Å². The summed E-state index contributed by atoms with van der Waals surface area (Å²) in [4.78, 5) is 26.7. The first-order chi connectivity index (χ1) is 11.0. The minimum atomic E-state index is -0.0808. The number of fused-ring (bicyclic) bond motifs is 1. The van der Waals surface area contributed by atoms with Gasteiger partial charge >= 0.3 is 5.69 Å². The van der Waals surface area contributed by atoms with Crippen LogP contribution in [0.15, 0.2) is 29.1 Å². The average Bonchev–Trinajstić information content (AvgIpc) is 2.76. The van der Waals surface area contributed by atoms with E-state index in [2.05, 4.69) is 0 Å². The lowest BCUT2D eigenvalue weighted by Gasteiger charge is -2.35. The van der Waals surface area contributed by atoms with Crippen molar-refractivity contribution in [2.75, 3.05) is 13.1 Å². The Hall–Kier alpha value is -2.08. The summed E-state index contributed by atoms with van der Waals surface area (Å²) < 4.78 is 8.96. The largest absolute Gasteiger partial charge is 0.372 e. The fourth-order valence-corrected chi connectivity index (χ4v) is 3.33. The van der Waals surface area contributed by atoms with Gasteiger partial charge in [-0.1, -0.05) is 12.1 Å². The summed E-state index contributed by atoms with van der Waals surface area (Å²) in [5.74, 6) is 0.0758. The monoisotopic (exact) mass is 317 g/mol. The van der Waals surface area contributed by atoms with Crippen LogP contribution in [0.1, 0.15) is 20.3 Å². The van der Waals surface area contributed by atoms with Crippen molar-refractivity contribution in [3.8, 4) is 0 Å². The van der Waals surface area contributed by atoms with E-state index in [1.54, 1.807) is 16.2 Å². The summed E-state index contributed by atoms with van der Waals surface area (Å²) in [6.07, 6.45) is 0.443. The number of nitrogens with zero attached hydrogens (tertiary/aromatic N) is 3. The highest BCUT2D eigenvalue weighted by atomic mass is 16.5. The first-order valence-electron chi connectivity index (χ1n) is 8.05. The van der Waals surface area contributed by atoms with Crippen molar-refractivity contribution in [3.63, 3.8) is 0 Å². The molecule has 2 heterocycles. The maximum atomic E-state index is 12.5. The minimum Gasteiger partial charge on any atom is -0.372 e. The summed E-state index contributed by atoms with van der Waals surface area (Å²) in [7, 11) is 1.76. The molecule has 0 saturated carbocycles. The van der Waals surface area contributed by atoms with Gasteiger partial charge in [0.05, 0.1) is 23.2 Å². The molecule has 0 N–H and O–H groups in total. The third-order valence-electron chi connectivity index (χ3n) is 4.37. The van der Waals surface area contributed by atoms with Crippen LogP contribution in [0.25, 0.3) is 11.0 Å². The predicted octanol–water partition coefficient (Wildman–Crippen LogP) is 1.37. The van der Waals surface area contributed by atoms with Crippen LogP contribution in [0.5, 0.6) is 0 Å². The Morgan fingerprint density at radius 2 is 1.78 bits per heavy atom. The Labute approximate surface area is 135 Å². The Morgan fingerprint density at radius 1 is 1.17 bits per heavy atom. The van der Waals surface area contributed by atoms with Crippen molar-refractivity contribution in [2.45, 2.75) is 39.0 Å². The molecule has 6 nitrogen and oxygen atoms in total. The molecule has 1 aromatic carbocycles. The molecule has 2 atom stereocenters. The van der Waals surface area contributed by atoms with E-state index in [0.29, 0.717) is 26.1 Å². The second-order valence-corrected chi connectivity index (χ2v) is 6.29. The Bertz CT molecular complexity index is 767. The van der Waals surface area contributed by atoms with E-state index in [-0.39, 0.29) is 23.8 Å². The van der Waals surface area contributed by atoms with Crippen molar-refractivity contribution >= 4 is 16.9 Å². The number of morpholine rings is 1. The van der Waals surface area contributed by atoms with Crippen LogP contribution in [-0.4, -0.2) is 45.2 Å². The van der Waals surface area contributed by atoms with Crippen LogP contribution in [0.4, 0.5) is 0 Å². The van der Waals surface area contributed by atoms with Gasteiger partial charge < -0.3 is 9.64 Å². The number of aryl methyl sites for hydroxylation is 2. The van der Waals surface area contributed by atoms with Gasteiger partial charge in [0.1, 0.15) is 0 Å². The summed E-state index contributed by atoms with van der Waals surface area (Å²) in [5.41, 5.74) is 1.68. The van der Waals surface area contributed by atoms with E-state index in [1.165, 1.54) is 0 Å². The van der Waals surface area contributed by atoms with Gasteiger partial charge in [-0.3, -0.25) is 13.9 Å². The SMILES string of the molecule is CC1CN(C(=O)CCn2c(=O)n(C)c3ccccc32)CC(C)O1. The number of carbonyl (C=O) groups excluding carboxylic acids is 1. The number of hydrogen-bond acceptors (Lipinski definition) is 3. The molecule has 1 saturated heterocycles. The number of imidazole rings is 1. The minimum absolute atomic E-state index is 0.0583. The molecule has 0 aliphatic carbocycles. The average molecular weight is 317 g/mol. The van der Waals surface area contributed by atoms with Crippen LogP contribution in [0.2, 0.25) is 0 Å². The second-order valence-electron chi connectivity index (χ2n) is 6.29. The molecule has 1 aliphatic rings. The molecule has 124 valence electrons. The van der Waals surface area contributed by atoms with Gasteiger partial charge in [-0.15, -0.1) is 0 Å². The van der Waals surface area contributed by atoms with Gasteiger partial charge in [0.2, 0.25) is 5.91 Å². The third kappa shape index (κ3) is 3.03. The molecule has 23 heavy (non-hydrogen) atoms. The second kappa shape index (κ2) is 6.20. The number of benzene rings is 1. The molecule has 0 radical (unpaired) electrons. The van der Waals surface area contributed by atoms with E-state index in [4.69, 9.17) is 4.74 Å². The predicted molar refractivity (Wildman–Crippen MR) is 88.4 cm³/mol. The zero-order valence-corrected chi connectivity index (χ0v) is 13.9. The highest BCUT2D eigenvalue weighted by molar-refractivity contribution is 5.78. The Kier molecular flexibility index (Phi) is 4.26. The van der Waals surface area contributed by atoms with Crippen LogP contribution < -0.4 is 5.69 Å². The normalized spacial score (nSPS) is 21.8. The smallest absolute Gasteiger partial charge is 0.328 e. The van der Waals surface area contributed by atoms with Crippen LogP contribution in [0, 0.1) is 0 Å². The first-order valence-corrected chi connectivity index (χ1v) is 8.05. The lowest BCUT2D eigenvalue weighted by molar-refractivity contribution is -0.143. The van der Waals surface area contributed by atoms with Gasteiger partial charge in [0.15, 0.2) is 0 Å². The molecular weight excluding hydrogens is 294 g/mol. The molecule has 1 aliphatic heterocycles. The Balaban J connectivity index is 1.75. The van der Waals surface area contributed by atoms with E-state index >= 15 is 0 Å². The highest BCUT2D eigenvalue weighted by Gasteiger charge is 2.25. The summed E-state index contributed by atoms with van der Waals surface area (Å²) in [5, 5.41) is 0. The molecule has 1 fully saturated rings. The number of rotatable bonds is 3. The lowest BCUT2D eigenvalue weighted by Crippen LogP contribution is -2.48. The van der Waals surface area contributed by atoms with Crippen molar-refractivity contribution in [2.24, 2.45) is 7.05 Å². The zero-order chi connectivity index (χ0) is 16.6. The fourth-order valence-electron chi connectivity index (χ4n) is 3.33. The molecule has 0 bridgehead atoms. The maximum absolute atomic E-state index is 12.5. The van der Waals surface area contributed by atoms with Gasteiger partial charge in [0.25, 0.3) is 0 Å². The maximum Gasteiger partial charge on any atom is 0.328 e. The lowest BCUT2D eigenvalue weighted by atomic mass is 10.2. The van der Waals surface area contributed by atoms with Crippen LogP contribution in [-0.2, 0) is 23.1 Å². The quantitative estimate of drug-likeness (QED) is 0.859. The summed E-state index contributed by atoms with van der Waals surface area (Å²) >= 11 is 0. The molecular formula is C17H23N3O3. The van der Waals surface area contributed by atoms with Gasteiger partial charge in [-0.25, -0.2) is 4.79 Å². The van der Waals surface area contributed by atoms with Crippen LogP contribution >= 0.6 is 0 Å². The van der Waals surface area contributed by atoms with E-state index < -0.39 is 0 Å². The molecule has 0 spiro atoms. The van der Waals surface area contributed by atoms with Gasteiger partial charge in [0, 0.05) is 33.1 Å². The molecule has 1 amide bonds. The molecule has 2 aromatic rings. The number of ether oxygens (including phenoxy) is 1. The van der Waals surface area contributed by atoms with Crippen molar-refractivity contribution in [1.82, 2.24) is 14.0 Å². The van der Waals surface area contributed by atoms with Crippen LogP contribution in [0.3, 0.4) is 0 Å². The topological polar surface area (TPSA) is 56.5 Å². The first kappa shape index (κ1) is 15.8. The number of carbonyl (C=O) groups is 1. The number of hydrogen-bond donors (Lipinski definition) is 0. The number of aromatic nitrogens is 2. The molecule has 6 heteroatoms. The van der Waals surface area contributed by atoms with Crippen molar-refractivity contribution in [1.29, 1.82) is 0 Å². The molecule has 1 aromatic heterocycles.